The normalized spacial score (nSPS) is 11.1. The van der Waals surface area contributed by atoms with Gasteiger partial charge in [0.25, 0.3) is 0 Å². The van der Waals surface area contributed by atoms with E-state index in [0.29, 0.717) is 0 Å². The molecule has 136 valence electrons. The van der Waals surface area contributed by atoms with Gasteiger partial charge in [-0.3, -0.25) is 0 Å². The van der Waals surface area contributed by atoms with Crippen molar-refractivity contribution in [1.82, 2.24) is 0 Å². The average Bonchev–Trinajstić information content (AvgIpc) is 2.67. The van der Waals surface area contributed by atoms with Gasteiger partial charge in [0.05, 0.1) is 6.10 Å². The van der Waals surface area contributed by atoms with Crippen LogP contribution in [0, 0.1) is 0 Å². The lowest BCUT2D eigenvalue weighted by Crippen LogP contribution is -2.05. The molecule has 0 saturated carbocycles. The molecule has 0 radical (unpaired) electrons. The minimum atomic E-state index is 0.189. The van der Waals surface area contributed by atoms with Crippen LogP contribution in [0.4, 0.5) is 0 Å². The van der Waals surface area contributed by atoms with Crippen molar-refractivity contribution in [3.8, 4) is 16.9 Å². The molecule has 3 aromatic carbocycles. The van der Waals surface area contributed by atoms with Crippen molar-refractivity contribution in [3.63, 3.8) is 0 Å². The maximum atomic E-state index is 5.72. The summed E-state index contributed by atoms with van der Waals surface area (Å²) in [4.78, 5) is 0. The summed E-state index contributed by atoms with van der Waals surface area (Å²) in [5.41, 5.74) is 7.01. The number of allylic oxidation sites excluding steroid dienone is 1. The summed E-state index contributed by atoms with van der Waals surface area (Å²) < 4.78 is 5.72. The van der Waals surface area contributed by atoms with E-state index < -0.39 is 0 Å². The van der Waals surface area contributed by atoms with E-state index in [9.17, 15) is 0 Å². The van der Waals surface area contributed by atoms with Gasteiger partial charge in [-0.15, -0.1) is 0 Å². The Balaban J connectivity index is 1.76. The van der Waals surface area contributed by atoms with Crippen LogP contribution in [0.25, 0.3) is 28.9 Å². The Morgan fingerprint density at radius 2 is 1.48 bits per heavy atom. The molecule has 0 amide bonds. The van der Waals surface area contributed by atoms with Gasteiger partial charge in [0.1, 0.15) is 5.75 Å². The molecule has 0 spiro atoms. The molecule has 0 aliphatic rings. The third-order valence-electron chi connectivity index (χ3n) is 4.32. The highest BCUT2D eigenvalue weighted by Gasteiger charge is 2.01. The molecule has 1 heteroatoms. The summed E-state index contributed by atoms with van der Waals surface area (Å²) in [5.74, 6) is 0.906. The second-order valence-electron chi connectivity index (χ2n) is 7.05. The Morgan fingerprint density at radius 1 is 0.815 bits per heavy atom. The number of hydrogen-bond acceptors (Lipinski definition) is 1. The molecular weight excluding hydrogens is 328 g/mol. The molecule has 0 unspecified atom stereocenters. The molecule has 0 fully saturated rings. The topological polar surface area (TPSA) is 9.23 Å². The van der Waals surface area contributed by atoms with Crippen molar-refractivity contribution in [2.45, 2.75) is 26.9 Å². The van der Waals surface area contributed by atoms with Crippen LogP contribution in [0.1, 0.15) is 37.5 Å². The molecule has 27 heavy (non-hydrogen) atoms. The van der Waals surface area contributed by atoms with Crippen LogP contribution in [0.3, 0.4) is 0 Å². The minimum absolute atomic E-state index is 0.189. The summed E-state index contributed by atoms with van der Waals surface area (Å²) in [7, 11) is 0. The Labute approximate surface area is 162 Å². The molecule has 0 aliphatic carbocycles. The van der Waals surface area contributed by atoms with Crippen molar-refractivity contribution in [2.24, 2.45) is 0 Å². The summed E-state index contributed by atoms with van der Waals surface area (Å²) in [6.45, 7) is 10.1. The van der Waals surface area contributed by atoms with Crippen LogP contribution >= 0.6 is 0 Å². The predicted octanol–water partition coefficient (Wildman–Crippen LogP) is 7.34. The van der Waals surface area contributed by atoms with Gasteiger partial charge in [-0.05, 0) is 66.8 Å². The Kier molecular flexibility index (Phi) is 5.93. The number of ether oxygens (including phenoxy) is 1. The first-order valence-electron chi connectivity index (χ1n) is 9.32. The van der Waals surface area contributed by atoms with Gasteiger partial charge in [-0.25, -0.2) is 0 Å². The molecule has 0 bridgehead atoms. The molecule has 0 atom stereocenters. The molecular formula is C26H26O. The van der Waals surface area contributed by atoms with E-state index in [1.54, 1.807) is 0 Å². The summed E-state index contributed by atoms with van der Waals surface area (Å²) >= 11 is 0. The standard InChI is InChI=1S/C26H26O/c1-19(2)23-12-10-21(11-13-23)8-9-22-6-5-7-25(18-22)24-14-16-26(17-15-24)27-20(3)4/h5-18,20H,1H2,2-4H3/b9-8-. The third kappa shape index (κ3) is 5.21. The number of benzene rings is 3. The zero-order valence-electron chi connectivity index (χ0n) is 16.3. The van der Waals surface area contributed by atoms with Crippen molar-refractivity contribution in [2.75, 3.05) is 0 Å². The van der Waals surface area contributed by atoms with Crippen LogP contribution < -0.4 is 4.74 Å². The first-order chi connectivity index (χ1) is 13.0. The minimum Gasteiger partial charge on any atom is -0.491 e. The first kappa shape index (κ1) is 18.7. The highest BCUT2D eigenvalue weighted by atomic mass is 16.5. The fourth-order valence-corrected chi connectivity index (χ4v) is 2.89. The molecule has 0 saturated heterocycles. The fourth-order valence-electron chi connectivity index (χ4n) is 2.89. The van der Waals surface area contributed by atoms with Crippen LogP contribution in [-0.2, 0) is 0 Å². The van der Waals surface area contributed by atoms with Gasteiger partial charge in [0.2, 0.25) is 0 Å². The van der Waals surface area contributed by atoms with E-state index in [2.05, 4.69) is 79.4 Å². The SMILES string of the molecule is C=C(C)c1ccc(/C=C\c2cccc(-c3ccc(OC(C)C)cc3)c2)cc1. The molecule has 3 rings (SSSR count). The maximum Gasteiger partial charge on any atom is 0.119 e. The van der Waals surface area contributed by atoms with Crippen LogP contribution in [0.5, 0.6) is 5.75 Å². The molecule has 0 N–H and O–H groups in total. The van der Waals surface area contributed by atoms with E-state index in [1.165, 1.54) is 27.8 Å². The zero-order valence-corrected chi connectivity index (χ0v) is 16.3. The van der Waals surface area contributed by atoms with Crippen LogP contribution in [-0.4, -0.2) is 6.10 Å². The molecule has 3 aromatic rings. The van der Waals surface area contributed by atoms with Gasteiger partial charge in [0, 0.05) is 0 Å². The van der Waals surface area contributed by atoms with Crippen LogP contribution in [0.2, 0.25) is 0 Å². The van der Waals surface area contributed by atoms with E-state index in [0.717, 1.165) is 11.3 Å². The van der Waals surface area contributed by atoms with E-state index in [1.807, 2.05) is 32.9 Å². The van der Waals surface area contributed by atoms with Crippen molar-refractivity contribution in [1.29, 1.82) is 0 Å². The second kappa shape index (κ2) is 8.55. The lowest BCUT2D eigenvalue weighted by molar-refractivity contribution is 0.242. The summed E-state index contributed by atoms with van der Waals surface area (Å²) in [6.07, 6.45) is 4.48. The van der Waals surface area contributed by atoms with E-state index in [-0.39, 0.29) is 6.10 Å². The number of rotatable bonds is 6. The van der Waals surface area contributed by atoms with Gasteiger partial charge in [-0.2, -0.15) is 0 Å². The Morgan fingerprint density at radius 3 is 2.11 bits per heavy atom. The zero-order chi connectivity index (χ0) is 19.2. The lowest BCUT2D eigenvalue weighted by atomic mass is 10.0. The largest absolute Gasteiger partial charge is 0.491 e. The maximum absolute atomic E-state index is 5.72. The highest BCUT2D eigenvalue weighted by molar-refractivity contribution is 5.74. The van der Waals surface area contributed by atoms with Crippen LogP contribution in [0.15, 0.2) is 79.4 Å². The highest BCUT2D eigenvalue weighted by Crippen LogP contribution is 2.24. The predicted molar refractivity (Wildman–Crippen MR) is 118 cm³/mol. The smallest absolute Gasteiger partial charge is 0.119 e. The van der Waals surface area contributed by atoms with Crippen molar-refractivity contribution >= 4 is 17.7 Å². The van der Waals surface area contributed by atoms with Gasteiger partial charge < -0.3 is 4.74 Å². The monoisotopic (exact) mass is 354 g/mol. The van der Waals surface area contributed by atoms with Crippen molar-refractivity contribution < 1.29 is 4.74 Å². The third-order valence-corrected chi connectivity index (χ3v) is 4.32. The summed E-state index contributed by atoms with van der Waals surface area (Å²) in [5, 5.41) is 0. The molecule has 1 nitrogen and oxygen atoms in total. The fraction of sp³-hybridized carbons (Fsp3) is 0.154. The lowest BCUT2D eigenvalue weighted by Gasteiger charge is -2.10. The van der Waals surface area contributed by atoms with E-state index in [4.69, 9.17) is 4.74 Å². The average molecular weight is 354 g/mol. The van der Waals surface area contributed by atoms with Gasteiger partial charge in [-0.1, -0.05) is 78.9 Å². The first-order valence-corrected chi connectivity index (χ1v) is 9.32. The van der Waals surface area contributed by atoms with Gasteiger partial charge >= 0.3 is 0 Å². The number of hydrogen-bond donors (Lipinski definition) is 0. The quantitative estimate of drug-likeness (QED) is 0.421. The Hall–Kier alpha value is -3.06. The summed E-state index contributed by atoms with van der Waals surface area (Å²) in [6, 6.07) is 25.3. The molecule has 0 heterocycles. The second-order valence-corrected chi connectivity index (χ2v) is 7.05. The Bertz CT molecular complexity index is 929. The molecule has 0 aromatic heterocycles. The van der Waals surface area contributed by atoms with Gasteiger partial charge in [0.15, 0.2) is 0 Å². The van der Waals surface area contributed by atoms with E-state index >= 15 is 0 Å². The van der Waals surface area contributed by atoms with Crippen molar-refractivity contribution in [3.05, 3.63) is 96.1 Å². The molecule has 0 aliphatic heterocycles.